The van der Waals surface area contributed by atoms with Crippen molar-refractivity contribution >= 4 is 70.2 Å². The summed E-state index contributed by atoms with van der Waals surface area (Å²) >= 11 is 7.58. The Morgan fingerprint density at radius 2 is 1.43 bits per heavy atom. The van der Waals surface area contributed by atoms with E-state index in [1.54, 1.807) is 55.5 Å². The van der Waals surface area contributed by atoms with Crippen LogP contribution in [0.3, 0.4) is 0 Å². The van der Waals surface area contributed by atoms with Crippen molar-refractivity contribution < 1.29 is 46.2 Å². The molecule has 6 rings (SSSR count). The van der Waals surface area contributed by atoms with Crippen LogP contribution in [0.4, 0.5) is 24.5 Å². The number of amides is 2. The highest BCUT2D eigenvalue weighted by Gasteiger charge is 2.40. The molecule has 0 fully saturated rings. The van der Waals surface area contributed by atoms with Gasteiger partial charge in [0.25, 0.3) is 11.8 Å². The standard InChI is InChI=1S/C19H14F3NO3S.C18H14ClNO4/c1-11-16(18(25)26-2)15(10-14-7-4-8-27-14)17(24)23(11)13-6-3-5-12(9-13)19(20,21)22;1-11-16(18(22)23-2)13(10-12-6-5-9-24-12)17(21)20(11)15-8-4-3-7-14(15)19/h3-10H,1-2H3;3-10H,1-2H3/b15-10-;13-10-. The van der Waals surface area contributed by atoms with Crippen LogP contribution in [-0.4, -0.2) is 38.0 Å². The minimum Gasteiger partial charge on any atom is -0.465 e. The Morgan fingerprint density at radius 1 is 0.804 bits per heavy atom. The van der Waals surface area contributed by atoms with Crippen LogP contribution in [0.5, 0.6) is 0 Å². The van der Waals surface area contributed by atoms with Gasteiger partial charge in [0.15, 0.2) is 0 Å². The number of ether oxygens (including phenoxy) is 2. The molecule has 2 amide bonds. The Morgan fingerprint density at radius 3 is 2.00 bits per heavy atom. The maximum Gasteiger partial charge on any atom is 0.416 e. The Hall–Kier alpha value is -5.66. The third kappa shape index (κ3) is 7.44. The molecule has 0 aliphatic carbocycles. The lowest BCUT2D eigenvalue weighted by atomic mass is 10.1. The first-order valence-electron chi connectivity index (χ1n) is 15.0. The Labute approximate surface area is 299 Å². The van der Waals surface area contributed by atoms with Crippen molar-refractivity contribution in [2.24, 2.45) is 0 Å². The molecule has 14 heteroatoms. The first-order chi connectivity index (χ1) is 24.3. The van der Waals surface area contributed by atoms with E-state index in [-0.39, 0.29) is 39.6 Å². The van der Waals surface area contributed by atoms with E-state index >= 15 is 0 Å². The largest absolute Gasteiger partial charge is 0.465 e. The number of anilines is 2. The molecule has 0 unspecified atom stereocenters. The van der Waals surface area contributed by atoms with Crippen LogP contribution in [0.2, 0.25) is 5.02 Å². The molecule has 51 heavy (non-hydrogen) atoms. The normalized spacial score (nSPS) is 16.3. The molecule has 0 radical (unpaired) electrons. The average molecular weight is 737 g/mol. The highest BCUT2D eigenvalue weighted by molar-refractivity contribution is 7.10. The molecular weight excluding hydrogens is 709 g/mol. The van der Waals surface area contributed by atoms with Gasteiger partial charge in [-0.1, -0.05) is 35.9 Å². The van der Waals surface area contributed by atoms with E-state index in [1.165, 1.54) is 67.9 Å². The molecule has 2 aliphatic heterocycles. The predicted octanol–water partition coefficient (Wildman–Crippen LogP) is 8.45. The number of halogens is 4. The summed E-state index contributed by atoms with van der Waals surface area (Å²) in [4.78, 5) is 53.6. The van der Waals surface area contributed by atoms with Crippen LogP contribution in [0.1, 0.15) is 30.0 Å². The fraction of sp³-hybridized carbons (Fsp3) is 0.135. The van der Waals surface area contributed by atoms with Gasteiger partial charge in [-0.25, -0.2) is 9.59 Å². The number of nitrogens with zero attached hydrogens (tertiary/aromatic N) is 2. The van der Waals surface area contributed by atoms with Gasteiger partial charge in [0.2, 0.25) is 0 Å². The number of hydrogen-bond donors (Lipinski definition) is 0. The van der Waals surface area contributed by atoms with Gasteiger partial charge in [-0.15, -0.1) is 11.3 Å². The molecule has 2 aliphatic rings. The fourth-order valence-corrected chi connectivity index (χ4v) is 6.32. The van der Waals surface area contributed by atoms with Crippen LogP contribution in [0.25, 0.3) is 12.2 Å². The van der Waals surface area contributed by atoms with Crippen molar-refractivity contribution in [2.45, 2.75) is 20.0 Å². The van der Waals surface area contributed by atoms with E-state index in [2.05, 4.69) is 0 Å². The van der Waals surface area contributed by atoms with Crippen LogP contribution >= 0.6 is 22.9 Å². The number of esters is 2. The molecule has 9 nitrogen and oxygen atoms in total. The number of carbonyl (C=O) groups excluding carboxylic acids is 4. The number of alkyl halides is 3. The second-order valence-corrected chi connectivity index (χ2v) is 12.2. The highest BCUT2D eigenvalue weighted by atomic mass is 35.5. The molecule has 0 spiro atoms. The lowest BCUT2D eigenvalue weighted by Gasteiger charge is -2.19. The fourth-order valence-electron chi connectivity index (χ4n) is 5.45. The lowest BCUT2D eigenvalue weighted by Crippen LogP contribution is -2.24. The molecule has 2 aromatic heterocycles. The van der Waals surface area contributed by atoms with Gasteiger partial charge in [-0.3, -0.25) is 19.4 Å². The summed E-state index contributed by atoms with van der Waals surface area (Å²) in [5.41, 5.74) is 0.845. The number of furan rings is 1. The quantitative estimate of drug-likeness (QED) is 0.145. The third-order valence-electron chi connectivity index (χ3n) is 7.76. The maximum atomic E-state index is 13.0. The summed E-state index contributed by atoms with van der Waals surface area (Å²) in [7, 11) is 2.46. The molecule has 0 atom stereocenters. The topological polar surface area (TPSA) is 106 Å². The van der Waals surface area contributed by atoms with Crippen molar-refractivity contribution in [3.63, 3.8) is 0 Å². The summed E-state index contributed by atoms with van der Waals surface area (Å²) < 4.78 is 54.0. The molecule has 262 valence electrons. The summed E-state index contributed by atoms with van der Waals surface area (Å²) in [6.45, 7) is 3.18. The number of para-hydroxylation sites is 1. The minimum atomic E-state index is -4.54. The van der Waals surface area contributed by atoms with Crippen LogP contribution in [0.15, 0.2) is 123 Å². The summed E-state index contributed by atoms with van der Waals surface area (Å²) in [5, 5.41) is 2.22. The summed E-state index contributed by atoms with van der Waals surface area (Å²) in [6, 6.07) is 18.3. The van der Waals surface area contributed by atoms with E-state index in [4.69, 9.17) is 25.5 Å². The van der Waals surface area contributed by atoms with Crippen molar-refractivity contribution in [3.05, 3.63) is 139 Å². The zero-order valence-electron chi connectivity index (χ0n) is 27.4. The van der Waals surface area contributed by atoms with Gasteiger partial charge in [0, 0.05) is 22.0 Å². The van der Waals surface area contributed by atoms with Crippen LogP contribution in [0, 0.1) is 0 Å². The molecule has 0 N–H and O–H groups in total. The first-order valence-corrected chi connectivity index (χ1v) is 16.2. The zero-order valence-corrected chi connectivity index (χ0v) is 29.0. The Balaban J connectivity index is 0.000000199. The van der Waals surface area contributed by atoms with Gasteiger partial charge in [-0.05, 0) is 79.9 Å². The summed E-state index contributed by atoms with van der Waals surface area (Å²) in [5.74, 6) is -1.79. The second-order valence-electron chi connectivity index (χ2n) is 10.8. The van der Waals surface area contributed by atoms with Gasteiger partial charge in [0.1, 0.15) is 5.76 Å². The SMILES string of the molecule is COC(=O)C1=C(C)N(c2cccc(C(F)(F)F)c2)C(=O)/C1=C\c1cccs1.COC(=O)C1=C(C)N(c2ccccc2Cl)C(=O)/C1=C\c1ccco1. The van der Waals surface area contributed by atoms with Gasteiger partial charge in [0.05, 0.1) is 59.0 Å². The predicted molar refractivity (Wildman–Crippen MR) is 186 cm³/mol. The minimum absolute atomic E-state index is 0.0308. The molecular formula is C37H28ClF3N2O7S. The molecule has 2 aromatic carbocycles. The molecule has 0 saturated heterocycles. The van der Waals surface area contributed by atoms with E-state index in [1.807, 2.05) is 5.38 Å². The van der Waals surface area contributed by atoms with E-state index in [9.17, 15) is 32.3 Å². The maximum absolute atomic E-state index is 13.0. The highest BCUT2D eigenvalue weighted by Crippen LogP contribution is 2.40. The van der Waals surface area contributed by atoms with E-state index < -0.39 is 29.6 Å². The number of carbonyl (C=O) groups is 4. The molecule has 4 aromatic rings. The van der Waals surface area contributed by atoms with Crippen molar-refractivity contribution in [2.75, 3.05) is 24.0 Å². The summed E-state index contributed by atoms with van der Waals surface area (Å²) in [6.07, 6.45) is 0.00848. The lowest BCUT2D eigenvalue weighted by molar-refractivity contribution is -0.138. The van der Waals surface area contributed by atoms with Crippen molar-refractivity contribution in [1.82, 2.24) is 0 Å². The number of hydrogen-bond acceptors (Lipinski definition) is 8. The number of allylic oxidation sites excluding steroid dienone is 2. The zero-order chi connectivity index (χ0) is 37.0. The first kappa shape index (κ1) is 36.6. The average Bonchev–Trinajstić information content (AvgIpc) is 3.90. The smallest absolute Gasteiger partial charge is 0.416 e. The monoisotopic (exact) mass is 736 g/mol. The van der Waals surface area contributed by atoms with Crippen molar-refractivity contribution in [3.8, 4) is 0 Å². The van der Waals surface area contributed by atoms with Gasteiger partial charge < -0.3 is 13.9 Å². The molecule has 0 bridgehead atoms. The number of methoxy groups -OCH3 is 2. The number of rotatable bonds is 6. The van der Waals surface area contributed by atoms with Crippen LogP contribution < -0.4 is 9.80 Å². The Bertz CT molecular complexity index is 2130. The van der Waals surface area contributed by atoms with Crippen molar-refractivity contribution in [1.29, 1.82) is 0 Å². The molecule has 4 heterocycles. The van der Waals surface area contributed by atoms with Gasteiger partial charge >= 0.3 is 18.1 Å². The third-order valence-corrected chi connectivity index (χ3v) is 8.90. The van der Waals surface area contributed by atoms with Gasteiger partial charge in [-0.2, -0.15) is 13.2 Å². The van der Waals surface area contributed by atoms with E-state index in [0.29, 0.717) is 22.2 Å². The molecule has 0 saturated carbocycles. The number of thiophene rings is 1. The van der Waals surface area contributed by atoms with Crippen LogP contribution in [-0.2, 0) is 34.8 Å². The second kappa shape index (κ2) is 15.1. The van der Waals surface area contributed by atoms with E-state index in [0.717, 1.165) is 21.9 Å². The Kier molecular flexibility index (Phi) is 10.8. The number of benzene rings is 2.